The Morgan fingerprint density at radius 1 is 1.45 bits per heavy atom. The summed E-state index contributed by atoms with van der Waals surface area (Å²) in [5, 5.41) is 20.5. The van der Waals surface area contributed by atoms with E-state index in [1.54, 1.807) is 12.5 Å². The van der Waals surface area contributed by atoms with Gasteiger partial charge in [-0.25, -0.2) is 15.0 Å². The number of imidazole rings is 2. The molecule has 0 saturated carbocycles. The third kappa shape index (κ3) is 4.86. The van der Waals surface area contributed by atoms with Crippen LogP contribution in [0.5, 0.6) is 0 Å². The molecule has 0 spiro atoms. The van der Waals surface area contributed by atoms with Crippen LogP contribution in [0.4, 0.5) is 0 Å². The van der Waals surface area contributed by atoms with E-state index in [0.717, 1.165) is 5.69 Å². The Bertz CT molecular complexity index is 1230. The standard InChI is InChI=1S/C10H11N4O7P.C6H9N3O2/c15-6-7-4(1-19-22(17,18)21-7)20-10(6)14-3-13-5-8(14)11-2-12-9(5)16;7-5(6(10)11)1-4-2-8-3-9-4/h2-4,6-7,10,15H,1H2,(H,17,18)(H,11,12,16);2-3,5H,1,7H2,(H,8,9)(H,10,11)/t4-,6-,7-,10-;5-/m10/s1. The number of aromatic nitrogens is 6. The first-order valence-corrected chi connectivity index (χ1v) is 11.1. The SMILES string of the molecule is O=c1[nH]cnc2c1ncn2[C@@H]1O[C@@H]2COP(=O)([O-])O[C@H]2[C@H]1O.[NH3+][C@@H](Cc1c[nH+]c[nH]1)C(=O)[O-]. The Hall–Kier alpha value is -2.98. The molecule has 178 valence electrons. The maximum absolute atomic E-state index is 11.6. The van der Waals surface area contributed by atoms with Crippen LogP contribution in [0, 0.1) is 0 Å². The van der Waals surface area contributed by atoms with E-state index < -0.39 is 49.9 Å². The van der Waals surface area contributed by atoms with Crippen LogP contribution in [0.3, 0.4) is 0 Å². The lowest BCUT2D eigenvalue weighted by molar-refractivity contribution is -0.437. The fourth-order valence-corrected chi connectivity index (χ4v) is 4.34. The summed E-state index contributed by atoms with van der Waals surface area (Å²) in [6, 6.07) is -0.693. The molecule has 0 bridgehead atoms. The van der Waals surface area contributed by atoms with Crippen molar-refractivity contribution in [2.75, 3.05) is 6.61 Å². The lowest BCUT2D eigenvalue weighted by Crippen LogP contribution is -2.69. The van der Waals surface area contributed by atoms with Gasteiger partial charge in [0.1, 0.15) is 36.2 Å². The van der Waals surface area contributed by atoms with Gasteiger partial charge >= 0.3 is 0 Å². The summed E-state index contributed by atoms with van der Waals surface area (Å²) in [5.74, 6) is -1.13. The zero-order chi connectivity index (χ0) is 23.8. The number of aliphatic hydroxyl groups is 1. The second kappa shape index (κ2) is 9.11. The quantitative estimate of drug-likeness (QED) is 0.255. The fraction of sp³-hybridized carbons (Fsp3) is 0.438. The smallest absolute Gasteiger partial charge is 0.278 e. The van der Waals surface area contributed by atoms with Gasteiger partial charge < -0.3 is 44.4 Å². The second-order valence-electron chi connectivity index (χ2n) is 7.27. The third-order valence-corrected chi connectivity index (χ3v) is 5.96. The number of aliphatic hydroxyl groups excluding tert-OH is 1. The van der Waals surface area contributed by atoms with Crippen molar-refractivity contribution in [2.24, 2.45) is 0 Å². The van der Waals surface area contributed by atoms with Crippen molar-refractivity contribution in [1.29, 1.82) is 0 Å². The molecule has 16 nitrogen and oxygen atoms in total. The Balaban J connectivity index is 0.000000200. The number of phosphoric ester groups is 1. The van der Waals surface area contributed by atoms with Crippen LogP contribution in [0.15, 0.2) is 30.0 Å². The number of phosphoric acid groups is 1. The molecule has 2 saturated heterocycles. The number of aromatic amines is 3. The van der Waals surface area contributed by atoms with Gasteiger partial charge in [-0.15, -0.1) is 0 Å². The van der Waals surface area contributed by atoms with Gasteiger partial charge in [-0.3, -0.25) is 18.9 Å². The van der Waals surface area contributed by atoms with Crippen LogP contribution < -0.4 is 26.3 Å². The molecular weight excluding hydrogens is 465 g/mol. The van der Waals surface area contributed by atoms with Crippen LogP contribution >= 0.6 is 7.82 Å². The maximum atomic E-state index is 11.6. The van der Waals surface area contributed by atoms with Gasteiger partial charge in [0.25, 0.3) is 13.4 Å². The topological polar surface area (TPSA) is 249 Å². The zero-order valence-electron chi connectivity index (χ0n) is 16.8. The van der Waals surface area contributed by atoms with Crippen LogP contribution in [-0.4, -0.2) is 66.5 Å². The van der Waals surface area contributed by atoms with E-state index in [1.807, 2.05) is 0 Å². The van der Waals surface area contributed by atoms with Crippen molar-refractivity contribution in [3.8, 4) is 0 Å². The van der Waals surface area contributed by atoms with E-state index in [9.17, 15) is 29.3 Å². The van der Waals surface area contributed by atoms with Crippen molar-refractivity contribution in [2.45, 2.75) is 37.0 Å². The lowest BCUT2D eigenvalue weighted by atomic mass is 10.1. The van der Waals surface area contributed by atoms with Crippen molar-refractivity contribution in [3.05, 3.63) is 41.2 Å². The molecule has 0 radical (unpaired) electrons. The number of carboxylic acids is 1. The summed E-state index contributed by atoms with van der Waals surface area (Å²) in [6.07, 6.45) is 2.06. The van der Waals surface area contributed by atoms with Crippen molar-refractivity contribution in [1.82, 2.24) is 24.5 Å². The first kappa shape index (κ1) is 23.2. The summed E-state index contributed by atoms with van der Waals surface area (Å²) < 4.78 is 27.6. The van der Waals surface area contributed by atoms with Crippen molar-refractivity contribution >= 4 is 25.0 Å². The molecule has 0 aliphatic carbocycles. The van der Waals surface area contributed by atoms with E-state index in [1.165, 1.54) is 17.2 Å². The average molecular weight is 485 g/mol. The van der Waals surface area contributed by atoms with E-state index in [4.69, 9.17) is 9.26 Å². The summed E-state index contributed by atoms with van der Waals surface area (Å²) in [6.45, 7) is -0.250. The van der Waals surface area contributed by atoms with Gasteiger partial charge in [-0.05, 0) is 0 Å². The van der Waals surface area contributed by atoms with Gasteiger partial charge in [-0.1, -0.05) is 0 Å². The maximum Gasteiger partial charge on any atom is 0.278 e. The van der Waals surface area contributed by atoms with Crippen molar-refractivity contribution in [3.63, 3.8) is 0 Å². The largest absolute Gasteiger partial charge is 0.756 e. The molecule has 17 heteroatoms. The van der Waals surface area contributed by atoms with Gasteiger partial charge in [0, 0.05) is 0 Å². The highest BCUT2D eigenvalue weighted by Crippen LogP contribution is 2.49. The summed E-state index contributed by atoms with van der Waals surface area (Å²) in [7, 11) is -4.44. The zero-order valence-corrected chi connectivity index (χ0v) is 17.7. The molecule has 2 aliphatic rings. The number of H-pyrrole nitrogens is 3. The Labute approximate surface area is 184 Å². The molecule has 3 aromatic heterocycles. The summed E-state index contributed by atoms with van der Waals surface area (Å²) in [5.41, 5.74) is 4.09. The Kier molecular flexibility index (Phi) is 6.40. The molecular formula is C16H20N7O9P. The number of quaternary nitrogens is 1. The van der Waals surface area contributed by atoms with Gasteiger partial charge in [0.05, 0.1) is 31.7 Å². The number of nitrogens with zero attached hydrogens (tertiary/aromatic N) is 3. The normalized spacial score (nSPS) is 29.8. The third-order valence-electron chi connectivity index (χ3n) is 4.99. The second-order valence-corrected chi connectivity index (χ2v) is 8.63. The lowest BCUT2D eigenvalue weighted by Gasteiger charge is -2.34. The van der Waals surface area contributed by atoms with Crippen molar-refractivity contribution < 1.29 is 49.0 Å². The number of nitrogens with one attached hydrogen (secondary N) is 3. The Morgan fingerprint density at radius 2 is 2.24 bits per heavy atom. The molecule has 2 fully saturated rings. The van der Waals surface area contributed by atoms with E-state index in [-0.39, 0.29) is 17.8 Å². The minimum Gasteiger partial charge on any atom is -0.756 e. The molecule has 6 atom stereocenters. The molecule has 0 aromatic carbocycles. The highest BCUT2D eigenvalue weighted by atomic mass is 31.2. The minimum absolute atomic E-state index is 0.0832. The van der Waals surface area contributed by atoms with E-state index in [0.29, 0.717) is 6.42 Å². The summed E-state index contributed by atoms with van der Waals surface area (Å²) >= 11 is 0. The molecule has 0 amide bonds. The molecule has 7 N–H and O–H groups in total. The number of aliphatic carboxylic acids is 1. The predicted molar refractivity (Wildman–Crippen MR) is 99.2 cm³/mol. The predicted octanol–water partition coefficient (Wildman–Crippen LogP) is -5.01. The van der Waals surface area contributed by atoms with Crippen LogP contribution in [-0.2, 0) is 29.6 Å². The first-order valence-electron chi connectivity index (χ1n) is 9.61. The fourth-order valence-electron chi connectivity index (χ4n) is 3.39. The van der Waals surface area contributed by atoms with Gasteiger partial charge in [-0.2, -0.15) is 0 Å². The number of ether oxygens (including phenoxy) is 1. The highest BCUT2D eigenvalue weighted by Gasteiger charge is 2.50. The minimum atomic E-state index is -4.44. The number of rotatable bonds is 4. The van der Waals surface area contributed by atoms with Gasteiger partial charge in [0.2, 0.25) is 6.33 Å². The average Bonchev–Trinajstić information content (AvgIpc) is 3.49. The molecule has 3 aromatic rings. The van der Waals surface area contributed by atoms with Crippen LogP contribution in [0.1, 0.15) is 11.9 Å². The molecule has 1 unspecified atom stereocenters. The Morgan fingerprint density at radius 3 is 2.94 bits per heavy atom. The van der Waals surface area contributed by atoms with Crippen LogP contribution in [0.25, 0.3) is 11.2 Å². The molecule has 5 heterocycles. The number of hydrogen-bond acceptors (Lipinski definition) is 11. The monoisotopic (exact) mass is 485 g/mol. The number of fused-ring (bicyclic) bond motifs is 2. The molecule has 5 rings (SSSR count). The number of carbonyl (C=O) groups is 1. The van der Waals surface area contributed by atoms with E-state index >= 15 is 0 Å². The summed E-state index contributed by atoms with van der Waals surface area (Å²) in [4.78, 5) is 49.1. The van der Waals surface area contributed by atoms with Gasteiger partial charge in [0.15, 0.2) is 17.4 Å². The van der Waals surface area contributed by atoms with E-state index in [2.05, 4.69) is 35.2 Å². The number of hydrogen-bond donors (Lipinski definition) is 4. The number of carboxylic acid groups (broad SMARTS) is 1. The highest BCUT2D eigenvalue weighted by molar-refractivity contribution is 7.45. The molecule has 33 heavy (non-hydrogen) atoms. The first-order chi connectivity index (χ1) is 15.7. The number of carbonyl (C=O) groups excluding carboxylic acids is 1. The molecule has 2 aliphatic heterocycles. The van der Waals surface area contributed by atoms with Crippen LogP contribution in [0.2, 0.25) is 0 Å².